The van der Waals surface area contributed by atoms with Gasteiger partial charge in [-0.2, -0.15) is 0 Å². The number of carbonyl (C=O) groups excluding carboxylic acids is 3. The molecule has 0 aliphatic heterocycles. The molecule has 1 atom stereocenters. The Hall–Kier alpha value is -1.25. The standard InChI is InChI=1S/C9H10O3/c10-4-3-7-1-2-9(12)8(5-7)6-11/h1,4,6,8H,2-3,5H2. The van der Waals surface area contributed by atoms with Crippen molar-refractivity contribution in [2.75, 3.05) is 0 Å². The van der Waals surface area contributed by atoms with Gasteiger partial charge in [0.05, 0.1) is 5.92 Å². The number of allylic oxidation sites excluding steroid dienone is 2. The molecule has 0 heterocycles. The zero-order valence-corrected chi connectivity index (χ0v) is 6.66. The topological polar surface area (TPSA) is 51.2 Å². The molecule has 0 radical (unpaired) electrons. The number of ketones is 1. The minimum atomic E-state index is -0.509. The van der Waals surface area contributed by atoms with Gasteiger partial charge in [-0.1, -0.05) is 11.6 Å². The average molecular weight is 166 g/mol. The molecule has 0 saturated heterocycles. The molecule has 0 bridgehead atoms. The number of Topliss-reactive ketones (excluding diaryl/α,β-unsaturated/α-hetero) is 1. The maximum Gasteiger partial charge on any atom is 0.147 e. The molecular weight excluding hydrogens is 156 g/mol. The van der Waals surface area contributed by atoms with Gasteiger partial charge in [0.2, 0.25) is 0 Å². The third-order valence-electron chi connectivity index (χ3n) is 2.00. The van der Waals surface area contributed by atoms with Gasteiger partial charge in [-0.05, 0) is 6.42 Å². The van der Waals surface area contributed by atoms with Gasteiger partial charge in [0.25, 0.3) is 0 Å². The third kappa shape index (κ3) is 1.87. The van der Waals surface area contributed by atoms with Crippen LogP contribution in [0.2, 0.25) is 0 Å². The van der Waals surface area contributed by atoms with Crippen molar-refractivity contribution in [1.29, 1.82) is 0 Å². The SMILES string of the molecule is O=CCC1=CCC(=O)C(C=O)C1. The highest BCUT2D eigenvalue weighted by molar-refractivity contribution is 5.95. The second kappa shape index (κ2) is 3.95. The van der Waals surface area contributed by atoms with Crippen LogP contribution in [0.25, 0.3) is 0 Å². The molecule has 0 fully saturated rings. The van der Waals surface area contributed by atoms with Crippen LogP contribution < -0.4 is 0 Å². The Morgan fingerprint density at radius 3 is 2.83 bits per heavy atom. The molecule has 0 amide bonds. The monoisotopic (exact) mass is 166 g/mol. The Morgan fingerprint density at radius 2 is 2.25 bits per heavy atom. The molecule has 0 aromatic carbocycles. The van der Waals surface area contributed by atoms with Crippen molar-refractivity contribution in [3.63, 3.8) is 0 Å². The van der Waals surface area contributed by atoms with Gasteiger partial charge in [0.15, 0.2) is 0 Å². The fourth-order valence-electron chi connectivity index (χ4n) is 1.27. The first kappa shape index (κ1) is 8.84. The lowest BCUT2D eigenvalue weighted by Crippen LogP contribution is -2.19. The molecule has 1 unspecified atom stereocenters. The summed E-state index contributed by atoms with van der Waals surface area (Å²) in [5.74, 6) is -0.551. The van der Waals surface area contributed by atoms with Crippen LogP contribution in [0.3, 0.4) is 0 Å². The molecule has 0 aromatic rings. The van der Waals surface area contributed by atoms with Gasteiger partial charge >= 0.3 is 0 Å². The first-order chi connectivity index (χ1) is 5.77. The smallest absolute Gasteiger partial charge is 0.147 e. The zero-order chi connectivity index (χ0) is 8.97. The summed E-state index contributed by atoms with van der Waals surface area (Å²) in [6, 6.07) is 0. The molecule has 0 saturated carbocycles. The van der Waals surface area contributed by atoms with Crippen LogP contribution in [0.4, 0.5) is 0 Å². The number of rotatable bonds is 3. The normalized spacial score (nSPS) is 23.2. The lowest BCUT2D eigenvalue weighted by atomic mass is 9.88. The summed E-state index contributed by atoms with van der Waals surface area (Å²) in [6.07, 6.45) is 4.28. The molecule has 0 N–H and O–H groups in total. The van der Waals surface area contributed by atoms with E-state index in [9.17, 15) is 14.4 Å². The highest BCUT2D eigenvalue weighted by Crippen LogP contribution is 2.21. The lowest BCUT2D eigenvalue weighted by Gasteiger charge is -2.14. The predicted molar refractivity (Wildman–Crippen MR) is 42.6 cm³/mol. The van der Waals surface area contributed by atoms with Crippen molar-refractivity contribution < 1.29 is 14.4 Å². The predicted octanol–water partition coefficient (Wildman–Crippen LogP) is 0.680. The fraction of sp³-hybridized carbons (Fsp3) is 0.444. The summed E-state index contributed by atoms with van der Waals surface area (Å²) in [4.78, 5) is 31.5. The first-order valence-electron chi connectivity index (χ1n) is 3.87. The van der Waals surface area contributed by atoms with Crippen molar-refractivity contribution in [1.82, 2.24) is 0 Å². The Morgan fingerprint density at radius 1 is 1.50 bits per heavy atom. The summed E-state index contributed by atoms with van der Waals surface area (Å²) in [7, 11) is 0. The van der Waals surface area contributed by atoms with Crippen LogP contribution in [0, 0.1) is 5.92 Å². The van der Waals surface area contributed by atoms with Gasteiger partial charge in [-0.3, -0.25) is 4.79 Å². The van der Waals surface area contributed by atoms with Crippen LogP contribution in [-0.2, 0) is 14.4 Å². The van der Waals surface area contributed by atoms with Gasteiger partial charge in [-0.15, -0.1) is 0 Å². The molecule has 3 nitrogen and oxygen atoms in total. The van der Waals surface area contributed by atoms with Crippen molar-refractivity contribution in [2.24, 2.45) is 5.92 Å². The van der Waals surface area contributed by atoms with Gasteiger partial charge in [0.1, 0.15) is 18.4 Å². The van der Waals surface area contributed by atoms with Crippen LogP contribution >= 0.6 is 0 Å². The maximum absolute atomic E-state index is 11.0. The lowest BCUT2D eigenvalue weighted by molar-refractivity contribution is -0.127. The Kier molecular flexibility index (Phi) is 2.91. The van der Waals surface area contributed by atoms with Crippen molar-refractivity contribution in [3.8, 4) is 0 Å². The number of carbonyl (C=O) groups is 3. The molecular formula is C9H10O3. The van der Waals surface area contributed by atoms with E-state index in [2.05, 4.69) is 0 Å². The summed E-state index contributed by atoms with van der Waals surface area (Å²) in [6.45, 7) is 0. The van der Waals surface area contributed by atoms with Crippen LogP contribution in [0.1, 0.15) is 19.3 Å². The van der Waals surface area contributed by atoms with E-state index >= 15 is 0 Å². The van der Waals surface area contributed by atoms with E-state index in [1.807, 2.05) is 0 Å². The summed E-state index contributed by atoms with van der Waals surface area (Å²) in [5, 5.41) is 0. The highest BCUT2D eigenvalue weighted by atomic mass is 16.1. The van der Waals surface area contributed by atoms with E-state index < -0.39 is 5.92 Å². The second-order valence-electron chi connectivity index (χ2n) is 2.85. The van der Waals surface area contributed by atoms with Crippen molar-refractivity contribution in [3.05, 3.63) is 11.6 Å². The van der Waals surface area contributed by atoms with E-state index in [0.29, 0.717) is 25.5 Å². The Labute approximate surface area is 70.4 Å². The minimum absolute atomic E-state index is 0.0420. The quantitative estimate of drug-likeness (QED) is 0.352. The maximum atomic E-state index is 11.0. The average Bonchev–Trinajstić information content (AvgIpc) is 2.09. The van der Waals surface area contributed by atoms with Crippen molar-refractivity contribution >= 4 is 18.4 Å². The molecule has 3 heteroatoms. The molecule has 1 aliphatic carbocycles. The largest absolute Gasteiger partial charge is 0.303 e. The van der Waals surface area contributed by atoms with Gasteiger partial charge < -0.3 is 9.59 Å². The van der Waals surface area contributed by atoms with Crippen LogP contribution in [0.15, 0.2) is 11.6 Å². The molecule has 1 aliphatic rings. The minimum Gasteiger partial charge on any atom is -0.303 e. The number of aldehydes is 2. The molecule has 0 spiro atoms. The van der Waals surface area contributed by atoms with Crippen molar-refractivity contribution in [2.45, 2.75) is 19.3 Å². The number of hydrogen-bond donors (Lipinski definition) is 0. The first-order valence-corrected chi connectivity index (χ1v) is 3.87. The molecule has 0 aromatic heterocycles. The zero-order valence-electron chi connectivity index (χ0n) is 6.66. The molecule has 12 heavy (non-hydrogen) atoms. The molecule has 1 rings (SSSR count). The van der Waals surface area contributed by atoms with E-state index in [1.165, 1.54) is 0 Å². The van der Waals surface area contributed by atoms with Gasteiger partial charge in [-0.25, -0.2) is 0 Å². The molecule has 64 valence electrons. The fourth-order valence-corrected chi connectivity index (χ4v) is 1.27. The second-order valence-corrected chi connectivity index (χ2v) is 2.85. The van der Waals surface area contributed by atoms with E-state index in [4.69, 9.17) is 0 Å². The number of hydrogen-bond acceptors (Lipinski definition) is 3. The summed E-state index contributed by atoms with van der Waals surface area (Å²) >= 11 is 0. The highest BCUT2D eigenvalue weighted by Gasteiger charge is 2.21. The van der Waals surface area contributed by atoms with E-state index in [0.717, 1.165) is 11.9 Å². The van der Waals surface area contributed by atoms with E-state index in [-0.39, 0.29) is 5.78 Å². The Balaban J connectivity index is 2.65. The third-order valence-corrected chi connectivity index (χ3v) is 2.00. The summed E-state index contributed by atoms with van der Waals surface area (Å²) < 4.78 is 0. The summed E-state index contributed by atoms with van der Waals surface area (Å²) in [5.41, 5.74) is 0.904. The Bertz CT molecular complexity index is 240. The van der Waals surface area contributed by atoms with Crippen LogP contribution in [-0.4, -0.2) is 18.4 Å². The van der Waals surface area contributed by atoms with Gasteiger partial charge in [0, 0.05) is 12.8 Å². The van der Waals surface area contributed by atoms with E-state index in [1.54, 1.807) is 6.08 Å². The van der Waals surface area contributed by atoms with Crippen LogP contribution in [0.5, 0.6) is 0 Å².